The second-order valence-electron chi connectivity index (χ2n) is 8.82. The van der Waals surface area contributed by atoms with Gasteiger partial charge in [-0.05, 0) is 66.6 Å². The molecule has 2 atom stereocenters. The molecule has 7 nitrogen and oxygen atoms in total. The van der Waals surface area contributed by atoms with Gasteiger partial charge in [-0.3, -0.25) is 9.59 Å². The van der Waals surface area contributed by atoms with Crippen molar-refractivity contribution in [1.29, 1.82) is 0 Å². The number of rotatable bonds is 5. The minimum absolute atomic E-state index is 0.000511. The van der Waals surface area contributed by atoms with Gasteiger partial charge in [-0.25, -0.2) is 8.42 Å². The Morgan fingerprint density at radius 2 is 1.81 bits per heavy atom. The Morgan fingerprint density at radius 3 is 2.59 bits per heavy atom. The molecule has 0 spiro atoms. The summed E-state index contributed by atoms with van der Waals surface area (Å²) in [6, 6.07) is 9.13. The van der Waals surface area contributed by atoms with Crippen molar-refractivity contribution in [2.75, 3.05) is 26.2 Å². The molecule has 2 aromatic rings. The fourth-order valence-electron chi connectivity index (χ4n) is 4.50. The summed E-state index contributed by atoms with van der Waals surface area (Å²) in [6.45, 7) is 4.01. The van der Waals surface area contributed by atoms with Crippen molar-refractivity contribution in [2.24, 2.45) is 5.92 Å². The second kappa shape index (κ2) is 9.37. The monoisotopic (exact) mass is 477 g/mol. The number of halogens is 1. The van der Waals surface area contributed by atoms with Gasteiger partial charge < -0.3 is 9.80 Å². The number of nitrogens with zero attached hydrogens (tertiary/aromatic N) is 2. The van der Waals surface area contributed by atoms with Crippen LogP contribution in [0.4, 0.5) is 0 Å². The lowest BCUT2D eigenvalue weighted by Crippen LogP contribution is -2.55. The van der Waals surface area contributed by atoms with Crippen molar-refractivity contribution in [2.45, 2.75) is 43.5 Å². The zero-order chi connectivity index (χ0) is 22.9. The Kier molecular flexibility index (Phi) is 6.74. The van der Waals surface area contributed by atoms with Crippen molar-refractivity contribution in [3.8, 4) is 0 Å². The molecule has 0 radical (unpaired) electrons. The molecule has 2 unspecified atom stereocenters. The summed E-state index contributed by atoms with van der Waals surface area (Å²) in [5.41, 5.74) is 0. The molecule has 2 aliphatic rings. The predicted molar refractivity (Wildman–Crippen MR) is 124 cm³/mol. The smallest absolute Gasteiger partial charge is 0.242 e. The van der Waals surface area contributed by atoms with E-state index in [-0.39, 0.29) is 23.3 Å². The Labute approximate surface area is 193 Å². The summed E-state index contributed by atoms with van der Waals surface area (Å²) in [6.07, 6.45) is 3.13. The number of hydrogen-bond donors (Lipinski definition) is 1. The molecule has 2 saturated heterocycles. The number of carbonyl (C=O) groups excluding carboxylic acids is 2. The molecule has 172 valence electrons. The van der Waals surface area contributed by atoms with Gasteiger partial charge in [0.05, 0.1) is 11.4 Å². The van der Waals surface area contributed by atoms with Crippen molar-refractivity contribution >= 4 is 44.2 Å². The predicted octanol–water partition coefficient (Wildman–Crippen LogP) is 3.02. The molecule has 0 saturated carbocycles. The number of fused-ring (bicyclic) bond motifs is 1. The number of hydrogen-bond acceptors (Lipinski definition) is 4. The third-order valence-electron chi connectivity index (χ3n) is 6.25. The zero-order valence-corrected chi connectivity index (χ0v) is 19.7. The molecule has 32 heavy (non-hydrogen) atoms. The number of carbonyl (C=O) groups is 2. The van der Waals surface area contributed by atoms with E-state index in [1.807, 2.05) is 4.90 Å². The first-order valence-corrected chi connectivity index (χ1v) is 12.9. The van der Waals surface area contributed by atoms with E-state index in [2.05, 4.69) is 11.6 Å². The topological polar surface area (TPSA) is 86.8 Å². The summed E-state index contributed by atoms with van der Waals surface area (Å²) in [7, 11) is -3.90. The van der Waals surface area contributed by atoms with Gasteiger partial charge in [0.15, 0.2) is 0 Å². The minimum Gasteiger partial charge on any atom is -0.341 e. The van der Waals surface area contributed by atoms with Gasteiger partial charge >= 0.3 is 0 Å². The molecule has 4 rings (SSSR count). The van der Waals surface area contributed by atoms with E-state index in [9.17, 15) is 18.0 Å². The van der Waals surface area contributed by atoms with Gasteiger partial charge in [-0.15, -0.1) is 0 Å². The maximum absolute atomic E-state index is 13.0. The molecule has 2 heterocycles. The first kappa shape index (κ1) is 23.0. The average Bonchev–Trinajstić information content (AvgIpc) is 2.76. The Hall–Kier alpha value is -2.16. The van der Waals surface area contributed by atoms with Crippen molar-refractivity contribution < 1.29 is 18.0 Å². The Balaban J connectivity index is 1.44. The van der Waals surface area contributed by atoms with Crippen molar-refractivity contribution in [1.82, 2.24) is 14.5 Å². The Bertz CT molecular complexity index is 1140. The molecule has 0 bridgehead atoms. The van der Waals surface area contributed by atoms with E-state index in [0.29, 0.717) is 43.4 Å². The molecular weight excluding hydrogens is 450 g/mol. The van der Waals surface area contributed by atoms with Gasteiger partial charge in [-0.2, -0.15) is 4.72 Å². The molecule has 2 fully saturated rings. The van der Waals surface area contributed by atoms with Crippen LogP contribution in [0.2, 0.25) is 5.02 Å². The molecule has 2 aromatic carbocycles. The highest BCUT2D eigenvalue weighted by Gasteiger charge is 2.34. The highest BCUT2D eigenvalue weighted by Crippen LogP contribution is 2.24. The largest absolute Gasteiger partial charge is 0.341 e. The summed E-state index contributed by atoms with van der Waals surface area (Å²) in [5, 5.41) is 2.16. The van der Waals surface area contributed by atoms with E-state index in [0.717, 1.165) is 23.6 Å². The lowest BCUT2D eigenvalue weighted by molar-refractivity contribution is -0.144. The van der Waals surface area contributed by atoms with Crippen LogP contribution in [0.25, 0.3) is 10.8 Å². The molecule has 2 amide bonds. The van der Waals surface area contributed by atoms with Crippen LogP contribution in [-0.4, -0.2) is 62.3 Å². The Morgan fingerprint density at radius 1 is 1.09 bits per heavy atom. The molecule has 2 aliphatic heterocycles. The van der Waals surface area contributed by atoms with E-state index in [1.54, 1.807) is 30.3 Å². The van der Waals surface area contributed by atoms with Crippen LogP contribution in [0.3, 0.4) is 0 Å². The molecule has 1 N–H and O–H groups in total. The quantitative estimate of drug-likeness (QED) is 0.717. The van der Waals surface area contributed by atoms with Crippen LogP contribution in [0, 0.1) is 5.92 Å². The van der Waals surface area contributed by atoms with Crippen LogP contribution in [-0.2, 0) is 19.6 Å². The van der Waals surface area contributed by atoms with E-state index >= 15 is 0 Å². The van der Waals surface area contributed by atoms with E-state index in [4.69, 9.17) is 11.6 Å². The van der Waals surface area contributed by atoms with Gasteiger partial charge in [0, 0.05) is 24.7 Å². The maximum Gasteiger partial charge on any atom is 0.242 e. The highest BCUT2D eigenvalue weighted by molar-refractivity contribution is 7.89. The molecule has 9 heteroatoms. The summed E-state index contributed by atoms with van der Waals surface area (Å²) in [4.78, 5) is 29.1. The number of piperidine rings is 2. The SMILES string of the molecule is CC1CCCN(C(=O)CN2CCCC(NS(=O)(=O)c3ccc4cc(Cl)ccc4c3)C2=O)C1. The fraction of sp³-hybridized carbons (Fsp3) is 0.478. The highest BCUT2D eigenvalue weighted by atomic mass is 35.5. The summed E-state index contributed by atoms with van der Waals surface area (Å²) >= 11 is 6.00. The van der Waals surface area contributed by atoms with Gasteiger partial charge in [-0.1, -0.05) is 30.7 Å². The summed E-state index contributed by atoms with van der Waals surface area (Å²) in [5.74, 6) is 0.0506. The van der Waals surface area contributed by atoms with Crippen LogP contribution < -0.4 is 4.72 Å². The molecular formula is C23H28ClN3O4S. The number of likely N-dealkylation sites (tertiary alicyclic amines) is 2. The summed E-state index contributed by atoms with van der Waals surface area (Å²) < 4.78 is 28.5. The van der Waals surface area contributed by atoms with Crippen LogP contribution >= 0.6 is 11.6 Å². The second-order valence-corrected chi connectivity index (χ2v) is 11.0. The number of sulfonamides is 1. The lowest BCUT2D eigenvalue weighted by atomic mass is 10.00. The number of benzene rings is 2. The lowest BCUT2D eigenvalue weighted by Gasteiger charge is -2.35. The molecule has 0 aromatic heterocycles. The first-order valence-electron chi connectivity index (χ1n) is 11.0. The van der Waals surface area contributed by atoms with Crippen molar-refractivity contribution in [3.63, 3.8) is 0 Å². The van der Waals surface area contributed by atoms with Gasteiger partial charge in [0.1, 0.15) is 6.04 Å². The van der Waals surface area contributed by atoms with Crippen LogP contribution in [0.1, 0.15) is 32.6 Å². The standard InChI is InChI=1S/C23H28ClN3O4S/c1-16-4-2-10-26(14-16)22(28)15-27-11-3-5-21(23(27)29)25-32(30,31)20-9-7-17-12-19(24)8-6-18(17)13-20/h6-9,12-13,16,21,25H,2-5,10-11,14-15H2,1H3. The van der Waals surface area contributed by atoms with E-state index < -0.39 is 16.1 Å². The van der Waals surface area contributed by atoms with Crippen LogP contribution in [0.5, 0.6) is 0 Å². The molecule has 0 aliphatic carbocycles. The van der Waals surface area contributed by atoms with Gasteiger partial charge in [0.25, 0.3) is 0 Å². The number of nitrogens with one attached hydrogen (secondary N) is 1. The minimum atomic E-state index is -3.90. The van der Waals surface area contributed by atoms with Crippen LogP contribution in [0.15, 0.2) is 41.3 Å². The van der Waals surface area contributed by atoms with E-state index in [1.165, 1.54) is 11.0 Å². The fourth-order valence-corrected chi connectivity index (χ4v) is 5.94. The normalized spacial score (nSPS) is 22.4. The van der Waals surface area contributed by atoms with Gasteiger partial charge in [0.2, 0.25) is 21.8 Å². The zero-order valence-electron chi connectivity index (χ0n) is 18.1. The third-order valence-corrected chi connectivity index (χ3v) is 7.95. The maximum atomic E-state index is 13.0. The first-order chi connectivity index (χ1) is 15.2. The van der Waals surface area contributed by atoms with Crippen molar-refractivity contribution in [3.05, 3.63) is 41.4 Å². The average molecular weight is 478 g/mol. The third kappa shape index (κ3) is 5.08. The number of amides is 2.